The number of aromatic hydroxyl groups is 1. The van der Waals surface area contributed by atoms with Crippen LogP contribution in [0.25, 0.3) is 5.76 Å². The number of phenolic OH excluding ortho intramolecular Hbond substituents is 1. The van der Waals surface area contributed by atoms with Crippen LogP contribution in [0.5, 0.6) is 5.75 Å². The van der Waals surface area contributed by atoms with Gasteiger partial charge in [-0.25, -0.2) is 0 Å². The first-order valence-corrected chi connectivity index (χ1v) is 10.1. The third-order valence-electron chi connectivity index (χ3n) is 6.84. The number of fused-ring (bicyclic) bond motifs is 3. The van der Waals surface area contributed by atoms with Gasteiger partial charge < -0.3 is 31.9 Å². The van der Waals surface area contributed by atoms with Gasteiger partial charge in [-0.2, -0.15) is 0 Å². The average molecular weight is 428 g/mol. The summed E-state index contributed by atoms with van der Waals surface area (Å²) >= 11 is 0. The molecule has 31 heavy (non-hydrogen) atoms. The van der Waals surface area contributed by atoms with Crippen molar-refractivity contribution in [3.8, 4) is 5.75 Å². The molecule has 0 aliphatic heterocycles. The van der Waals surface area contributed by atoms with E-state index in [0.717, 1.165) is 5.56 Å². The number of primary amides is 1. The highest BCUT2D eigenvalue weighted by Gasteiger charge is 2.60. The molecule has 9 heteroatoms. The summed E-state index contributed by atoms with van der Waals surface area (Å²) < 4.78 is 0. The maximum atomic E-state index is 13.4. The van der Waals surface area contributed by atoms with Crippen molar-refractivity contribution in [1.29, 1.82) is 0 Å². The quantitative estimate of drug-likeness (QED) is 0.375. The molecule has 9 nitrogen and oxygen atoms in total. The molecule has 3 aliphatic rings. The first-order chi connectivity index (χ1) is 14.6. The fraction of sp³-hybridized carbons (Fsp3) is 0.409. The number of amides is 1. The molecule has 3 atom stereocenters. The summed E-state index contributed by atoms with van der Waals surface area (Å²) in [7, 11) is 0. The van der Waals surface area contributed by atoms with E-state index >= 15 is 0 Å². The van der Waals surface area contributed by atoms with Gasteiger partial charge in [0, 0.05) is 30.0 Å². The summed E-state index contributed by atoms with van der Waals surface area (Å²) in [5.41, 5.74) is 9.43. The summed E-state index contributed by atoms with van der Waals surface area (Å²) in [5, 5.41) is 43.5. The van der Waals surface area contributed by atoms with Crippen molar-refractivity contribution in [3.63, 3.8) is 0 Å². The highest BCUT2D eigenvalue weighted by Crippen LogP contribution is 2.52. The fourth-order valence-electron chi connectivity index (χ4n) is 5.30. The Morgan fingerprint density at radius 1 is 1.19 bits per heavy atom. The zero-order chi connectivity index (χ0) is 22.8. The molecule has 1 aromatic carbocycles. The van der Waals surface area contributed by atoms with Crippen LogP contribution in [0.3, 0.4) is 0 Å². The van der Waals surface area contributed by atoms with E-state index in [9.17, 15) is 34.8 Å². The first-order valence-electron chi connectivity index (χ1n) is 10.1. The Kier molecular flexibility index (Phi) is 4.71. The number of carbonyl (C=O) groups is 3. The van der Waals surface area contributed by atoms with Crippen LogP contribution < -0.4 is 11.5 Å². The summed E-state index contributed by atoms with van der Waals surface area (Å²) in [6.07, 6.45) is 0.692. The molecule has 0 spiro atoms. The van der Waals surface area contributed by atoms with Gasteiger partial charge in [-0.15, -0.1) is 0 Å². The third-order valence-corrected chi connectivity index (χ3v) is 6.84. The van der Waals surface area contributed by atoms with Gasteiger partial charge in [0.1, 0.15) is 22.8 Å². The molecule has 0 aromatic heterocycles. The number of nitrogens with two attached hydrogens (primary N) is 2. The van der Waals surface area contributed by atoms with E-state index in [-0.39, 0.29) is 36.3 Å². The lowest BCUT2D eigenvalue weighted by Gasteiger charge is -2.46. The standard InChI is InChI=1S/C22H24N2O7/c1-2-8-3-10(7-23)17(26)15-12(8)5-9-4-11-6-13(25)16(21(24)30)20(29)22(11,31)19(28)14(9)18(15)27/h3,9,11,26-27,29,31H,2,4-7,23H2,1H3,(H2,24,30). The average Bonchev–Trinajstić information content (AvgIpc) is 2.70. The highest BCUT2D eigenvalue weighted by molar-refractivity contribution is 6.22. The SMILES string of the molecule is CCc1cc(CN)c(O)c2c1CC1CC3CC(=O)C(C(N)=O)=C(O)C3(O)C(=O)C1=C2O. The van der Waals surface area contributed by atoms with Gasteiger partial charge in [-0.1, -0.05) is 13.0 Å². The molecule has 164 valence electrons. The van der Waals surface area contributed by atoms with Crippen LogP contribution in [0.4, 0.5) is 0 Å². The van der Waals surface area contributed by atoms with Crippen molar-refractivity contribution in [2.45, 2.75) is 44.8 Å². The fourth-order valence-corrected chi connectivity index (χ4v) is 5.30. The second-order valence-corrected chi connectivity index (χ2v) is 8.36. The zero-order valence-electron chi connectivity index (χ0n) is 16.9. The minimum absolute atomic E-state index is 0.0196. The number of Topliss-reactive ketones (excluding diaryl/α,β-unsaturated/α-hetero) is 2. The lowest BCUT2D eigenvalue weighted by molar-refractivity contribution is -0.147. The molecule has 1 amide bonds. The Morgan fingerprint density at radius 2 is 1.87 bits per heavy atom. The Morgan fingerprint density at radius 3 is 2.45 bits per heavy atom. The van der Waals surface area contributed by atoms with Crippen LogP contribution >= 0.6 is 0 Å². The van der Waals surface area contributed by atoms with Gasteiger partial charge in [0.25, 0.3) is 5.91 Å². The van der Waals surface area contributed by atoms with Crippen molar-refractivity contribution < 1.29 is 34.8 Å². The highest BCUT2D eigenvalue weighted by atomic mass is 16.3. The van der Waals surface area contributed by atoms with Crippen molar-refractivity contribution >= 4 is 23.2 Å². The van der Waals surface area contributed by atoms with E-state index in [2.05, 4.69) is 0 Å². The summed E-state index contributed by atoms with van der Waals surface area (Å²) in [6.45, 7) is 1.94. The Labute approximate surface area is 177 Å². The van der Waals surface area contributed by atoms with E-state index in [1.807, 2.05) is 6.92 Å². The molecule has 0 saturated heterocycles. The second-order valence-electron chi connectivity index (χ2n) is 8.36. The molecule has 1 fully saturated rings. The van der Waals surface area contributed by atoms with Gasteiger partial charge in [0.2, 0.25) is 5.78 Å². The lowest BCUT2D eigenvalue weighted by Crippen LogP contribution is -2.58. The summed E-state index contributed by atoms with van der Waals surface area (Å²) in [6, 6.07) is 1.77. The largest absolute Gasteiger partial charge is 0.508 e. The monoisotopic (exact) mass is 428 g/mol. The molecule has 1 saturated carbocycles. The molecule has 3 unspecified atom stereocenters. The van der Waals surface area contributed by atoms with E-state index in [1.54, 1.807) is 6.07 Å². The van der Waals surface area contributed by atoms with Crippen molar-refractivity contribution in [2.75, 3.05) is 0 Å². The number of carbonyl (C=O) groups excluding carboxylic acids is 3. The molecule has 8 N–H and O–H groups in total. The van der Waals surface area contributed by atoms with Gasteiger partial charge in [-0.05, 0) is 36.3 Å². The molecule has 1 aromatic rings. The van der Waals surface area contributed by atoms with Crippen molar-refractivity contribution in [1.82, 2.24) is 0 Å². The Balaban J connectivity index is 1.96. The van der Waals surface area contributed by atoms with Crippen LogP contribution in [0, 0.1) is 11.8 Å². The number of aliphatic hydroxyl groups excluding tert-OH is 2. The number of ketones is 2. The lowest BCUT2D eigenvalue weighted by atomic mass is 9.59. The van der Waals surface area contributed by atoms with E-state index in [1.165, 1.54) is 0 Å². The van der Waals surface area contributed by atoms with E-state index in [4.69, 9.17) is 11.5 Å². The minimum atomic E-state index is -2.55. The van der Waals surface area contributed by atoms with E-state index in [0.29, 0.717) is 24.0 Å². The molecule has 3 aliphatic carbocycles. The second kappa shape index (κ2) is 6.93. The van der Waals surface area contributed by atoms with Crippen molar-refractivity contribution in [3.05, 3.63) is 45.2 Å². The first kappa shape index (κ1) is 21.1. The topological polar surface area (TPSA) is 184 Å². The van der Waals surface area contributed by atoms with Gasteiger partial charge in [0.15, 0.2) is 11.4 Å². The Bertz CT molecular complexity index is 1120. The number of rotatable bonds is 3. The normalized spacial score (nSPS) is 27.7. The van der Waals surface area contributed by atoms with Crippen molar-refractivity contribution in [2.24, 2.45) is 23.3 Å². The predicted octanol–water partition coefficient (Wildman–Crippen LogP) is 0.445. The maximum Gasteiger partial charge on any atom is 0.255 e. The molecule has 4 rings (SSSR count). The summed E-state index contributed by atoms with van der Waals surface area (Å²) in [5.74, 6) is -6.29. The van der Waals surface area contributed by atoms with Crippen LogP contribution in [-0.2, 0) is 33.8 Å². The van der Waals surface area contributed by atoms with Gasteiger partial charge in [0.05, 0.1) is 5.56 Å². The minimum Gasteiger partial charge on any atom is -0.508 e. The van der Waals surface area contributed by atoms with Gasteiger partial charge in [-0.3, -0.25) is 14.4 Å². The number of hydrogen-bond acceptors (Lipinski definition) is 8. The van der Waals surface area contributed by atoms with Crippen LogP contribution in [0.15, 0.2) is 23.0 Å². The predicted molar refractivity (Wildman–Crippen MR) is 109 cm³/mol. The molecule has 0 heterocycles. The van der Waals surface area contributed by atoms with Crippen LogP contribution in [0.1, 0.15) is 42.0 Å². The van der Waals surface area contributed by atoms with E-state index < -0.39 is 52.0 Å². The number of phenols is 1. The zero-order valence-corrected chi connectivity index (χ0v) is 16.9. The maximum absolute atomic E-state index is 13.4. The number of hydrogen-bond donors (Lipinski definition) is 6. The molecular formula is C22H24N2O7. The molecule has 0 bridgehead atoms. The third kappa shape index (κ3) is 2.66. The number of benzene rings is 1. The van der Waals surface area contributed by atoms with Crippen LogP contribution in [0.2, 0.25) is 0 Å². The summed E-state index contributed by atoms with van der Waals surface area (Å²) in [4.78, 5) is 37.4. The number of aliphatic hydroxyl groups is 3. The molecule has 0 radical (unpaired) electrons. The van der Waals surface area contributed by atoms with Gasteiger partial charge >= 0.3 is 0 Å². The Hall–Kier alpha value is -3.17. The molecular weight excluding hydrogens is 404 g/mol. The number of aryl methyl sites for hydroxylation is 1. The van der Waals surface area contributed by atoms with Crippen LogP contribution in [-0.4, -0.2) is 43.5 Å². The smallest absolute Gasteiger partial charge is 0.255 e.